The predicted octanol–water partition coefficient (Wildman–Crippen LogP) is 3.13. The lowest BCUT2D eigenvalue weighted by Gasteiger charge is -2.05. The number of aromatic nitrogens is 3. The molecule has 1 heterocycles. The van der Waals surface area contributed by atoms with Crippen molar-refractivity contribution >= 4 is 23.2 Å². The van der Waals surface area contributed by atoms with Gasteiger partial charge in [0, 0.05) is 22.2 Å². The average Bonchev–Trinajstić information content (AvgIpc) is 2.82. The van der Waals surface area contributed by atoms with Crippen molar-refractivity contribution in [2.75, 3.05) is 6.54 Å². The molecule has 0 amide bonds. The summed E-state index contributed by atoms with van der Waals surface area (Å²) < 4.78 is 1.75. The molecule has 0 bridgehead atoms. The van der Waals surface area contributed by atoms with E-state index in [1.807, 2.05) is 24.4 Å². The third-order valence-electron chi connectivity index (χ3n) is 2.70. The normalized spacial score (nSPS) is 10.9. The van der Waals surface area contributed by atoms with Gasteiger partial charge < -0.3 is 5.32 Å². The molecule has 6 heteroatoms. The highest BCUT2D eigenvalue weighted by molar-refractivity contribution is 6.35. The van der Waals surface area contributed by atoms with E-state index in [0.717, 1.165) is 30.8 Å². The van der Waals surface area contributed by atoms with Crippen LogP contribution in [0.15, 0.2) is 24.4 Å². The summed E-state index contributed by atoms with van der Waals surface area (Å²) in [4.78, 5) is 0. The lowest BCUT2D eigenvalue weighted by atomic mass is 10.2. The van der Waals surface area contributed by atoms with E-state index in [2.05, 4.69) is 22.6 Å². The molecule has 2 aromatic rings. The molecule has 102 valence electrons. The molecule has 0 spiro atoms. The Balaban J connectivity index is 2.03. The van der Waals surface area contributed by atoms with Gasteiger partial charge in [-0.15, -0.1) is 5.10 Å². The number of hydrogen-bond donors (Lipinski definition) is 1. The maximum absolute atomic E-state index is 6.13. The summed E-state index contributed by atoms with van der Waals surface area (Å²) in [5, 5.41) is 12.8. The number of halogens is 2. The van der Waals surface area contributed by atoms with Crippen LogP contribution in [0.1, 0.15) is 24.6 Å². The van der Waals surface area contributed by atoms with Crippen LogP contribution in [0.3, 0.4) is 0 Å². The molecule has 4 nitrogen and oxygen atoms in total. The highest BCUT2D eigenvalue weighted by Gasteiger charge is 2.08. The molecule has 1 N–H and O–H groups in total. The Morgan fingerprint density at radius 1 is 1.26 bits per heavy atom. The molecular weight excluding hydrogens is 283 g/mol. The van der Waals surface area contributed by atoms with Gasteiger partial charge in [0.15, 0.2) is 0 Å². The molecule has 19 heavy (non-hydrogen) atoms. The topological polar surface area (TPSA) is 42.7 Å². The number of nitrogens with zero attached hydrogens (tertiary/aromatic N) is 3. The molecule has 0 aliphatic heterocycles. The third kappa shape index (κ3) is 3.93. The SMILES string of the molecule is CCCNCc1cn(Cc2c(Cl)cccc2Cl)nn1. The van der Waals surface area contributed by atoms with Crippen molar-refractivity contribution in [1.29, 1.82) is 0 Å². The summed E-state index contributed by atoms with van der Waals surface area (Å²) in [5.41, 5.74) is 1.78. The van der Waals surface area contributed by atoms with E-state index in [1.54, 1.807) is 4.68 Å². The van der Waals surface area contributed by atoms with Crippen LogP contribution in [-0.2, 0) is 13.1 Å². The predicted molar refractivity (Wildman–Crippen MR) is 77.6 cm³/mol. The van der Waals surface area contributed by atoms with Gasteiger partial charge in [0.2, 0.25) is 0 Å². The highest BCUT2D eigenvalue weighted by atomic mass is 35.5. The standard InChI is InChI=1S/C13H16Cl2N4/c1-2-6-16-7-10-8-19(18-17-10)9-11-12(14)4-3-5-13(11)15/h3-5,8,16H,2,6-7,9H2,1H3. The zero-order chi connectivity index (χ0) is 13.7. The zero-order valence-corrected chi connectivity index (χ0v) is 12.2. The Morgan fingerprint density at radius 2 is 2.00 bits per heavy atom. The maximum atomic E-state index is 6.13. The average molecular weight is 299 g/mol. The maximum Gasteiger partial charge on any atom is 0.0964 e. The first-order chi connectivity index (χ1) is 9.20. The molecule has 1 aromatic heterocycles. The van der Waals surface area contributed by atoms with Crippen LogP contribution >= 0.6 is 23.2 Å². The van der Waals surface area contributed by atoms with Gasteiger partial charge in [0.25, 0.3) is 0 Å². The van der Waals surface area contributed by atoms with Crippen LogP contribution in [0.5, 0.6) is 0 Å². The minimum Gasteiger partial charge on any atom is -0.311 e. The zero-order valence-electron chi connectivity index (χ0n) is 10.7. The molecule has 0 atom stereocenters. The van der Waals surface area contributed by atoms with E-state index >= 15 is 0 Å². The molecule has 2 rings (SSSR count). The van der Waals surface area contributed by atoms with Gasteiger partial charge in [-0.25, -0.2) is 4.68 Å². The quantitative estimate of drug-likeness (QED) is 0.833. The Kier molecular flexibility index (Phi) is 5.19. The summed E-state index contributed by atoms with van der Waals surface area (Å²) in [6.45, 7) is 4.36. The van der Waals surface area contributed by atoms with Crippen molar-refractivity contribution in [3.63, 3.8) is 0 Å². The van der Waals surface area contributed by atoms with E-state index in [-0.39, 0.29) is 0 Å². The van der Waals surface area contributed by atoms with E-state index in [9.17, 15) is 0 Å². The summed E-state index contributed by atoms with van der Waals surface area (Å²) in [7, 11) is 0. The fourth-order valence-corrected chi connectivity index (χ4v) is 2.25. The number of nitrogens with one attached hydrogen (secondary N) is 1. The van der Waals surface area contributed by atoms with Crippen LogP contribution in [0, 0.1) is 0 Å². The minimum absolute atomic E-state index is 0.527. The number of hydrogen-bond acceptors (Lipinski definition) is 3. The van der Waals surface area contributed by atoms with Gasteiger partial charge in [0.05, 0.1) is 18.4 Å². The van der Waals surface area contributed by atoms with Crippen molar-refractivity contribution in [2.24, 2.45) is 0 Å². The van der Waals surface area contributed by atoms with E-state index < -0.39 is 0 Å². The molecule has 0 radical (unpaired) electrons. The summed E-state index contributed by atoms with van der Waals surface area (Å²) in [5.74, 6) is 0. The summed E-state index contributed by atoms with van der Waals surface area (Å²) >= 11 is 12.3. The van der Waals surface area contributed by atoms with Gasteiger partial charge in [-0.1, -0.05) is 41.4 Å². The molecular formula is C13H16Cl2N4. The molecule has 0 aliphatic carbocycles. The molecule has 0 fully saturated rings. The minimum atomic E-state index is 0.527. The van der Waals surface area contributed by atoms with Crippen molar-refractivity contribution in [1.82, 2.24) is 20.3 Å². The summed E-state index contributed by atoms with van der Waals surface area (Å²) in [6, 6.07) is 5.47. The lowest BCUT2D eigenvalue weighted by Crippen LogP contribution is -2.13. The van der Waals surface area contributed by atoms with Crippen molar-refractivity contribution < 1.29 is 0 Å². The molecule has 0 saturated heterocycles. The van der Waals surface area contributed by atoms with Gasteiger partial charge in [-0.2, -0.15) is 0 Å². The van der Waals surface area contributed by atoms with Crippen LogP contribution in [-0.4, -0.2) is 21.5 Å². The Labute approximate surface area is 122 Å². The fraction of sp³-hybridized carbons (Fsp3) is 0.385. The van der Waals surface area contributed by atoms with Crippen LogP contribution in [0.4, 0.5) is 0 Å². The monoisotopic (exact) mass is 298 g/mol. The van der Waals surface area contributed by atoms with E-state index in [1.165, 1.54) is 0 Å². The van der Waals surface area contributed by atoms with Crippen molar-refractivity contribution in [2.45, 2.75) is 26.4 Å². The first kappa shape index (κ1) is 14.3. The van der Waals surface area contributed by atoms with Crippen LogP contribution in [0.25, 0.3) is 0 Å². The Hall–Kier alpha value is -1.10. The smallest absolute Gasteiger partial charge is 0.0964 e. The van der Waals surface area contributed by atoms with Crippen molar-refractivity contribution in [3.8, 4) is 0 Å². The highest BCUT2D eigenvalue weighted by Crippen LogP contribution is 2.24. The van der Waals surface area contributed by atoms with Gasteiger partial charge in [-0.05, 0) is 25.1 Å². The lowest BCUT2D eigenvalue weighted by molar-refractivity contribution is 0.645. The van der Waals surface area contributed by atoms with E-state index in [0.29, 0.717) is 16.6 Å². The van der Waals surface area contributed by atoms with E-state index in [4.69, 9.17) is 23.2 Å². The van der Waals surface area contributed by atoms with Crippen LogP contribution in [0.2, 0.25) is 10.0 Å². The van der Waals surface area contributed by atoms with Crippen LogP contribution < -0.4 is 5.32 Å². The number of rotatable bonds is 6. The fourth-order valence-electron chi connectivity index (χ4n) is 1.74. The Bertz CT molecular complexity index is 519. The molecule has 0 saturated carbocycles. The third-order valence-corrected chi connectivity index (χ3v) is 3.41. The van der Waals surface area contributed by atoms with Gasteiger partial charge >= 0.3 is 0 Å². The van der Waals surface area contributed by atoms with Gasteiger partial charge in [0.1, 0.15) is 0 Å². The Morgan fingerprint density at radius 3 is 2.68 bits per heavy atom. The van der Waals surface area contributed by atoms with Gasteiger partial charge in [-0.3, -0.25) is 0 Å². The summed E-state index contributed by atoms with van der Waals surface area (Å²) in [6.07, 6.45) is 3.01. The largest absolute Gasteiger partial charge is 0.311 e. The second-order valence-corrected chi connectivity index (χ2v) is 5.10. The number of benzene rings is 1. The first-order valence-electron chi connectivity index (χ1n) is 6.23. The second-order valence-electron chi connectivity index (χ2n) is 4.28. The molecule has 0 aliphatic rings. The second kappa shape index (κ2) is 6.89. The first-order valence-corrected chi connectivity index (χ1v) is 6.99. The molecule has 1 aromatic carbocycles. The van der Waals surface area contributed by atoms with Crippen molar-refractivity contribution in [3.05, 3.63) is 45.7 Å². The molecule has 0 unspecified atom stereocenters.